The first kappa shape index (κ1) is 15.6. The molecule has 0 unspecified atom stereocenters. The molecule has 5 nitrogen and oxygen atoms in total. The van der Waals surface area contributed by atoms with E-state index in [1.807, 2.05) is 0 Å². The van der Waals surface area contributed by atoms with E-state index in [1.54, 1.807) is 0 Å². The van der Waals surface area contributed by atoms with Gasteiger partial charge in [-0.3, -0.25) is 9.59 Å². The van der Waals surface area contributed by atoms with Crippen molar-refractivity contribution in [2.45, 2.75) is 26.7 Å². The van der Waals surface area contributed by atoms with Crippen LogP contribution in [-0.2, 0) is 18.8 Å². The number of carbonyl (C=O) groups excluding carboxylic acids is 2. The molecule has 0 aromatic heterocycles. The minimum absolute atomic E-state index is 0.168. The zero-order chi connectivity index (χ0) is 11.4. The second-order valence-corrected chi connectivity index (χ2v) is 2.87. The van der Waals surface area contributed by atoms with Crippen LogP contribution in [0.25, 0.3) is 0 Å². The summed E-state index contributed by atoms with van der Waals surface area (Å²) in [4.78, 5) is 19.7. The average molecular weight is 222 g/mol. The van der Waals surface area contributed by atoms with Crippen LogP contribution in [0, 0.1) is 0 Å². The number of aliphatic hydroxyl groups excluding tert-OH is 1. The lowest BCUT2D eigenvalue weighted by Gasteiger charge is -1.97. The van der Waals surface area contributed by atoms with Crippen molar-refractivity contribution in [1.82, 2.24) is 0 Å². The molecule has 0 radical (unpaired) electrons. The number of hydrogen-bond acceptors (Lipinski definition) is 5. The second-order valence-electron chi connectivity index (χ2n) is 2.47. The fraction of sp³-hybridized carbons (Fsp3) is 0.750. The normalized spacial score (nSPS) is 8.50. The number of unbranched alkanes of at least 4 members (excludes halogenated alkanes) is 1. The van der Waals surface area contributed by atoms with E-state index in [9.17, 15) is 9.59 Å². The standard InChI is InChI=1S/C6H12O3.C2H6O2Si/c1-6(8)9-5-3-2-4-7;1-2(3)4-5/h7H,2-5H2,1H3;1,5H3. The molecule has 0 saturated carbocycles. The smallest absolute Gasteiger partial charge is 0.302 e. The van der Waals surface area contributed by atoms with Crippen molar-refractivity contribution in [2.24, 2.45) is 0 Å². The first-order valence-corrected chi connectivity index (χ1v) is 5.15. The molecule has 0 heterocycles. The number of rotatable bonds is 4. The van der Waals surface area contributed by atoms with Crippen molar-refractivity contribution in [3.63, 3.8) is 0 Å². The Bertz CT molecular complexity index is 160. The van der Waals surface area contributed by atoms with Crippen molar-refractivity contribution in [3.8, 4) is 0 Å². The number of esters is 1. The number of aliphatic hydroxyl groups is 1. The predicted octanol–water partition coefficient (Wildman–Crippen LogP) is -0.848. The van der Waals surface area contributed by atoms with Gasteiger partial charge in [-0.25, -0.2) is 0 Å². The van der Waals surface area contributed by atoms with Crippen molar-refractivity contribution in [1.29, 1.82) is 0 Å². The number of hydrogen-bond donors (Lipinski definition) is 1. The van der Waals surface area contributed by atoms with Crippen molar-refractivity contribution >= 4 is 22.4 Å². The third-order valence-corrected chi connectivity index (χ3v) is 1.72. The van der Waals surface area contributed by atoms with Gasteiger partial charge in [0.05, 0.1) is 6.61 Å². The lowest BCUT2D eigenvalue weighted by Crippen LogP contribution is -2.00. The van der Waals surface area contributed by atoms with Gasteiger partial charge in [0.25, 0.3) is 5.97 Å². The molecule has 14 heavy (non-hydrogen) atoms. The van der Waals surface area contributed by atoms with E-state index in [0.29, 0.717) is 23.5 Å². The van der Waals surface area contributed by atoms with E-state index in [4.69, 9.17) is 5.11 Å². The first-order chi connectivity index (χ1) is 6.54. The summed E-state index contributed by atoms with van der Waals surface area (Å²) in [6, 6.07) is 0. The molecule has 0 atom stereocenters. The molecule has 0 bridgehead atoms. The second kappa shape index (κ2) is 12.1. The van der Waals surface area contributed by atoms with Crippen LogP contribution in [0.1, 0.15) is 26.7 Å². The Kier molecular flexibility index (Phi) is 13.5. The number of ether oxygens (including phenoxy) is 1. The Labute approximate surface area is 86.9 Å². The van der Waals surface area contributed by atoms with Crippen LogP contribution in [0.2, 0.25) is 0 Å². The third-order valence-electron chi connectivity index (χ3n) is 1.15. The molecule has 0 rings (SSSR count). The van der Waals surface area contributed by atoms with Gasteiger partial charge in [-0.2, -0.15) is 0 Å². The monoisotopic (exact) mass is 222 g/mol. The molecule has 0 aromatic carbocycles. The summed E-state index contributed by atoms with van der Waals surface area (Å²) in [5.74, 6) is -0.440. The highest BCUT2D eigenvalue weighted by molar-refractivity contribution is 6.04. The fourth-order valence-corrected chi connectivity index (χ4v) is 0.430. The predicted molar refractivity (Wildman–Crippen MR) is 54.7 cm³/mol. The summed E-state index contributed by atoms with van der Waals surface area (Å²) in [5.41, 5.74) is 0. The zero-order valence-corrected chi connectivity index (χ0v) is 10.9. The maximum Gasteiger partial charge on any atom is 0.302 e. The van der Waals surface area contributed by atoms with Gasteiger partial charge in [0.15, 0.2) is 0 Å². The summed E-state index contributed by atoms with van der Waals surface area (Å²) < 4.78 is 8.84. The molecule has 0 fully saturated rings. The van der Waals surface area contributed by atoms with Crippen LogP contribution in [0.4, 0.5) is 0 Å². The maximum atomic E-state index is 10.1. The molecule has 0 amide bonds. The zero-order valence-electron chi connectivity index (χ0n) is 8.91. The van der Waals surface area contributed by atoms with Crippen molar-refractivity contribution in [3.05, 3.63) is 0 Å². The largest absolute Gasteiger partial charge is 0.529 e. The topological polar surface area (TPSA) is 72.8 Å². The highest BCUT2D eigenvalue weighted by Crippen LogP contribution is 1.87. The van der Waals surface area contributed by atoms with Gasteiger partial charge in [-0.1, -0.05) is 0 Å². The molecule has 0 aliphatic heterocycles. The number of carbonyl (C=O) groups is 2. The molecule has 84 valence electrons. The highest BCUT2D eigenvalue weighted by atomic mass is 28.2. The molecule has 6 heteroatoms. The molecular weight excluding hydrogens is 204 g/mol. The quantitative estimate of drug-likeness (QED) is 0.381. The molecule has 1 N–H and O–H groups in total. The van der Waals surface area contributed by atoms with Gasteiger partial charge >= 0.3 is 5.97 Å². The summed E-state index contributed by atoms with van der Waals surface area (Å²) in [6.07, 6.45) is 1.45. The summed E-state index contributed by atoms with van der Waals surface area (Å²) in [5, 5.41) is 8.29. The van der Waals surface area contributed by atoms with Gasteiger partial charge in [0.1, 0.15) is 0 Å². The molecular formula is C8H18O5Si. The van der Waals surface area contributed by atoms with Gasteiger partial charge in [-0.05, 0) is 12.8 Å². The van der Waals surface area contributed by atoms with Crippen LogP contribution >= 0.6 is 0 Å². The Morgan fingerprint density at radius 3 is 2.00 bits per heavy atom. The molecule has 0 aromatic rings. The lowest BCUT2D eigenvalue weighted by atomic mass is 10.3. The van der Waals surface area contributed by atoms with Gasteiger partial charge < -0.3 is 14.3 Å². The van der Waals surface area contributed by atoms with E-state index in [0.717, 1.165) is 6.42 Å². The average Bonchev–Trinajstić information content (AvgIpc) is 2.13. The van der Waals surface area contributed by atoms with Crippen LogP contribution in [0.3, 0.4) is 0 Å². The maximum absolute atomic E-state index is 10.1. The molecule has 0 spiro atoms. The van der Waals surface area contributed by atoms with E-state index in [2.05, 4.69) is 9.16 Å². The van der Waals surface area contributed by atoms with Crippen LogP contribution < -0.4 is 0 Å². The fourth-order valence-electron chi connectivity index (χ4n) is 0.430. The first-order valence-electron chi connectivity index (χ1n) is 4.33. The molecule has 0 aliphatic carbocycles. The van der Waals surface area contributed by atoms with E-state index in [-0.39, 0.29) is 18.5 Å². The van der Waals surface area contributed by atoms with E-state index >= 15 is 0 Å². The van der Waals surface area contributed by atoms with Crippen LogP contribution in [0.15, 0.2) is 0 Å². The van der Waals surface area contributed by atoms with Gasteiger partial charge in [0.2, 0.25) is 10.5 Å². The lowest BCUT2D eigenvalue weighted by molar-refractivity contribution is -0.141. The van der Waals surface area contributed by atoms with Crippen LogP contribution in [-0.4, -0.2) is 40.7 Å². The minimum atomic E-state index is -0.257. The SMILES string of the molecule is CC(=O)OCCCCO.CC(=O)O[SiH3]. The Balaban J connectivity index is 0. The van der Waals surface area contributed by atoms with Crippen molar-refractivity contribution in [2.75, 3.05) is 13.2 Å². The Morgan fingerprint density at radius 1 is 1.21 bits per heavy atom. The summed E-state index contributed by atoms with van der Waals surface area (Å²) in [7, 11) is 0.524. The summed E-state index contributed by atoms with van der Waals surface area (Å²) >= 11 is 0. The third kappa shape index (κ3) is 22.5. The van der Waals surface area contributed by atoms with Crippen molar-refractivity contribution < 1.29 is 23.9 Å². The highest BCUT2D eigenvalue weighted by Gasteiger charge is 1.90. The summed E-state index contributed by atoms with van der Waals surface area (Å²) in [6.45, 7) is 3.36. The van der Waals surface area contributed by atoms with E-state index in [1.165, 1.54) is 13.8 Å². The molecule has 0 aliphatic rings. The van der Waals surface area contributed by atoms with Gasteiger partial charge in [0, 0.05) is 20.5 Å². The van der Waals surface area contributed by atoms with Crippen LogP contribution in [0.5, 0.6) is 0 Å². The van der Waals surface area contributed by atoms with Gasteiger partial charge in [-0.15, -0.1) is 0 Å². The van der Waals surface area contributed by atoms with E-state index < -0.39 is 0 Å². The Hall–Kier alpha value is -0.883. The minimum Gasteiger partial charge on any atom is -0.529 e. The molecule has 0 saturated heterocycles. The Morgan fingerprint density at radius 2 is 1.71 bits per heavy atom.